The normalized spacial score (nSPS) is 16.5. The number of hydrogen-bond acceptors (Lipinski definition) is 4. The number of nitrogens with zero attached hydrogens (tertiary/aromatic N) is 1. The summed E-state index contributed by atoms with van der Waals surface area (Å²) in [5.41, 5.74) is 0.199. The fourth-order valence-corrected chi connectivity index (χ4v) is 2.76. The van der Waals surface area contributed by atoms with Crippen molar-refractivity contribution < 1.29 is 14.0 Å². The van der Waals surface area contributed by atoms with Gasteiger partial charge in [-0.2, -0.15) is 0 Å². The molecule has 1 aromatic heterocycles. The molecule has 2 heterocycles. The lowest BCUT2D eigenvalue weighted by Gasteiger charge is -1.99. The van der Waals surface area contributed by atoms with Crippen LogP contribution in [0.25, 0.3) is 6.08 Å². The lowest BCUT2D eigenvalue weighted by atomic mass is 10.3. The largest absolute Gasteiger partial charge is 0.450 e. The van der Waals surface area contributed by atoms with Crippen LogP contribution in [-0.4, -0.2) is 23.9 Å². The van der Waals surface area contributed by atoms with Crippen LogP contribution in [0.5, 0.6) is 0 Å². The zero-order valence-electron chi connectivity index (χ0n) is 11.5. The van der Waals surface area contributed by atoms with E-state index in [2.05, 4.69) is 5.32 Å². The summed E-state index contributed by atoms with van der Waals surface area (Å²) in [6.45, 7) is 0. The molecular weight excluding hydrogens is 324 g/mol. The minimum Gasteiger partial charge on any atom is -0.450 e. The van der Waals surface area contributed by atoms with E-state index in [0.29, 0.717) is 15.9 Å². The van der Waals surface area contributed by atoms with E-state index in [-0.39, 0.29) is 11.6 Å². The number of halogens is 1. The molecule has 22 heavy (non-hydrogen) atoms. The zero-order chi connectivity index (χ0) is 15.7. The number of nitrogens with one attached hydrogen (secondary N) is 1. The van der Waals surface area contributed by atoms with Crippen LogP contribution in [0.1, 0.15) is 5.76 Å². The molecular formula is C15H11ClN2O3S. The fraction of sp³-hybridized carbons (Fsp3) is 0.0667. The molecule has 0 aliphatic carbocycles. The lowest BCUT2D eigenvalue weighted by Crippen LogP contribution is -2.25. The number of benzene rings is 1. The van der Waals surface area contributed by atoms with Gasteiger partial charge in [-0.3, -0.25) is 9.69 Å². The molecule has 1 saturated heterocycles. The highest BCUT2D eigenvalue weighted by molar-refractivity contribution is 7.99. The van der Waals surface area contributed by atoms with E-state index in [0.717, 1.165) is 9.80 Å². The number of imide groups is 1. The molecule has 1 fully saturated rings. The highest BCUT2D eigenvalue weighted by atomic mass is 35.5. The first kappa shape index (κ1) is 14.7. The molecule has 1 aliphatic heterocycles. The van der Waals surface area contributed by atoms with E-state index < -0.39 is 6.03 Å². The summed E-state index contributed by atoms with van der Waals surface area (Å²) in [4.78, 5) is 25.1. The molecule has 1 N–H and O–H groups in total. The second kappa shape index (κ2) is 5.90. The maximum absolute atomic E-state index is 11.8. The molecule has 0 unspecified atom stereocenters. The maximum atomic E-state index is 11.8. The molecule has 0 radical (unpaired) electrons. The Morgan fingerprint density at radius 2 is 1.91 bits per heavy atom. The summed E-state index contributed by atoms with van der Waals surface area (Å²) in [5.74, 6) is 0.115. The quantitative estimate of drug-likeness (QED) is 0.688. The molecule has 5 nitrogen and oxygen atoms in total. The van der Waals surface area contributed by atoms with Crippen LogP contribution >= 0.6 is 23.4 Å². The van der Waals surface area contributed by atoms with E-state index >= 15 is 0 Å². The molecule has 112 valence electrons. The molecule has 2 aromatic rings. The van der Waals surface area contributed by atoms with Gasteiger partial charge in [0.25, 0.3) is 5.91 Å². The first-order chi connectivity index (χ1) is 10.5. The van der Waals surface area contributed by atoms with Gasteiger partial charge in [-0.05, 0) is 36.4 Å². The third-order valence-corrected chi connectivity index (χ3v) is 4.18. The van der Waals surface area contributed by atoms with Crippen molar-refractivity contribution in [2.24, 2.45) is 0 Å². The Balaban J connectivity index is 1.75. The molecule has 0 spiro atoms. The third-order valence-electron chi connectivity index (χ3n) is 3.00. The highest BCUT2D eigenvalue weighted by Gasteiger charge is 2.30. The van der Waals surface area contributed by atoms with Gasteiger partial charge in [0.2, 0.25) is 0 Å². The Morgan fingerprint density at radius 1 is 1.18 bits per heavy atom. The van der Waals surface area contributed by atoms with Crippen LogP contribution in [0.15, 0.2) is 56.5 Å². The molecule has 1 aromatic carbocycles. The van der Waals surface area contributed by atoms with E-state index in [1.54, 1.807) is 24.3 Å². The third kappa shape index (κ3) is 3.03. The van der Waals surface area contributed by atoms with Crippen LogP contribution in [0.2, 0.25) is 5.02 Å². The van der Waals surface area contributed by atoms with Gasteiger partial charge in [0.15, 0.2) is 5.09 Å². The Bertz CT molecular complexity index is 767. The van der Waals surface area contributed by atoms with Crippen molar-refractivity contribution in [3.63, 3.8) is 0 Å². The summed E-state index contributed by atoms with van der Waals surface area (Å²) >= 11 is 7.28. The van der Waals surface area contributed by atoms with Gasteiger partial charge in [-0.1, -0.05) is 23.4 Å². The van der Waals surface area contributed by atoms with Crippen LogP contribution in [-0.2, 0) is 4.79 Å². The summed E-state index contributed by atoms with van der Waals surface area (Å²) < 4.78 is 5.63. The van der Waals surface area contributed by atoms with Gasteiger partial charge in [0.1, 0.15) is 11.5 Å². The number of urea groups is 1. The topological polar surface area (TPSA) is 62.6 Å². The number of carbonyl (C=O) groups excluding carboxylic acids is 2. The SMILES string of the molecule is CN1C(=O)N/C(=C/c2ccc(Sc3ccc(Cl)cc3)o2)C1=O. The fourth-order valence-electron chi connectivity index (χ4n) is 1.85. The van der Waals surface area contributed by atoms with Gasteiger partial charge in [0, 0.05) is 23.0 Å². The first-order valence-corrected chi connectivity index (χ1v) is 7.56. The standard InChI is InChI=1S/C15H11ClN2O3S/c1-18-14(19)12(17-15(18)20)8-10-4-7-13(21-10)22-11-5-2-9(16)3-6-11/h2-8H,1H3,(H,17,20)/b12-8+. The van der Waals surface area contributed by atoms with Gasteiger partial charge in [0.05, 0.1) is 0 Å². The van der Waals surface area contributed by atoms with E-state index in [1.165, 1.54) is 24.9 Å². The van der Waals surface area contributed by atoms with Gasteiger partial charge in [-0.25, -0.2) is 4.79 Å². The minimum atomic E-state index is -0.446. The smallest absolute Gasteiger partial charge is 0.328 e. The van der Waals surface area contributed by atoms with Crippen molar-refractivity contribution in [3.8, 4) is 0 Å². The van der Waals surface area contributed by atoms with Crippen molar-refractivity contribution >= 4 is 41.4 Å². The summed E-state index contributed by atoms with van der Waals surface area (Å²) in [6.07, 6.45) is 1.51. The van der Waals surface area contributed by atoms with Crippen LogP contribution in [0.3, 0.4) is 0 Å². The number of furan rings is 1. The Labute approximate surface area is 135 Å². The van der Waals surface area contributed by atoms with Crippen molar-refractivity contribution in [1.29, 1.82) is 0 Å². The predicted molar refractivity (Wildman–Crippen MR) is 83.6 cm³/mol. The monoisotopic (exact) mass is 334 g/mol. The first-order valence-electron chi connectivity index (χ1n) is 6.37. The molecule has 7 heteroatoms. The van der Waals surface area contributed by atoms with Crippen LogP contribution < -0.4 is 5.32 Å². The maximum Gasteiger partial charge on any atom is 0.328 e. The predicted octanol–water partition coefficient (Wildman–Crippen LogP) is 3.61. The summed E-state index contributed by atoms with van der Waals surface area (Å²) in [7, 11) is 1.42. The number of rotatable bonds is 3. The molecule has 3 rings (SSSR count). The Hall–Kier alpha value is -2.18. The van der Waals surface area contributed by atoms with Gasteiger partial charge >= 0.3 is 6.03 Å². The minimum absolute atomic E-state index is 0.199. The van der Waals surface area contributed by atoms with E-state index in [9.17, 15) is 9.59 Å². The van der Waals surface area contributed by atoms with E-state index in [4.69, 9.17) is 16.0 Å². The Kier molecular flexibility index (Phi) is 3.96. The zero-order valence-corrected chi connectivity index (χ0v) is 13.1. The summed E-state index contributed by atoms with van der Waals surface area (Å²) in [6, 6.07) is 10.5. The Morgan fingerprint density at radius 3 is 2.55 bits per heavy atom. The van der Waals surface area contributed by atoms with Crippen LogP contribution in [0, 0.1) is 0 Å². The molecule has 0 saturated carbocycles. The van der Waals surface area contributed by atoms with E-state index in [1.807, 2.05) is 12.1 Å². The summed E-state index contributed by atoms with van der Waals surface area (Å²) in [5, 5.41) is 3.84. The van der Waals surface area contributed by atoms with Crippen molar-refractivity contribution in [2.45, 2.75) is 9.99 Å². The van der Waals surface area contributed by atoms with Gasteiger partial charge in [-0.15, -0.1) is 0 Å². The second-order valence-corrected chi connectivity index (χ2v) is 6.08. The average molecular weight is 335 g/mol. The van der Waals surface area contributed by atoms with Crippen molar-refractivity contribution in [2.75, 3.05) is 7.05 Å². The number of carbonyl (C=O) groups is 2. The molecule has 1 aliphatic rings. The van der Waals surface area contributed by atoms with Crippen molar-refractivity contribution in [1.82, 2.24) is 10.2 Å². The lowest BCUT2D eigenvalue weighted by molar-refractivity contribution is -0.121. The van der Waals surface area contributed by atoms with Crippen molar-refractivity contribution in [3.05, 3.63) is 52.9 Å². The highest BCUT2D eigenvalue weighted by Crippen LogP contribution is 2.30. The average Bonchev–Trinajstić information content (AvgIpc) is 3.03. The van der Waals surface area contributed by atoms with Crippen LogP contribution in [0.4, 0.5) is 4.79 Å². The molecule has 0 atom stereocenters. The molecule has 3 amide bonds. The molecule has 0 bridgehead atoms. The number of amides is 3. The second-order valence-electron chi connectivity index (χ2n) is 4.57. The number of likely N-dealkylation sites (N-methyl/N-ethyl adjacent to an activating group) is 1. The van der Waals surface area contributed by atoms with Gasteiger partial charge < -0.3 is 9.73 Å². The number of hydrogen-bond donors (Lipinski definition) is 1.